The van der Waals surface area contributed by atoms with E-state index in [9.17, 15) is 18.0 Å². The number of piperazine rings is 1. The molecule has 3 rings (SSSR count). The molecule has 0 saturated carbocycles. The normalized spacial score (nSPS) is 16.6. The number of furan rings is 1. The van der Waals surface area contributed by atoms with E-state index in [1.807, 2.05) is 0 Å². The summed E-state index contributed by atoms with van der Waals surface area (Å²) in [5, 5.41) is 9.30. The molecule has 1 aliphatic rings. The zero-order valence-electron chi connectivity index (χ0n) is 13.6. The Morgan fingerprint density at radius 2 is 1.88 bits per heavy atom. The van der Waals surface area contributed by atoms with Gasteiger partial charge in [-0.3, -0.25) is 9.69 Å². The molecule has 0 spiro atoms. The van der Waals surface area contributed by atoms with Gasteiger partial charge < -0.3 is 14.4 Å². The van der Waals surface area contributed by atoms with Gasteiger partial charge in [-0.25, -0.2) is 0 Å². The molecule has 8 heteroatoms. The van der Waals surface area contributed by atoms with Crippen LogP contribution in [0.25, 0.3) is 11.0 Å². The minimum absolute atomic E-state index is 0.266. The van der Waals surface area contributed by atoms with Gasteiger partial charge in [0.05, 0.1) is 5.56 Å². The maximum Gasteiger partial charge on any atom is 0.416 e. The largest absolute Gasteiger partial charge is 0.461 e. The van der Waals surface area contributed by atoms with Crippen molar-refractivity contribution in [1.82, 2.24) is 9.80 Å². The second-order valence-electron chi connectivity index (χ2n) is 6.09. The van der Waals surface area contributed by atoms with Gasteiger partial charge in [-0.2, -0.15) is 13.2 Å². The second kappa shape index (κ2) is 7.05. The smallest absolute Gasteiger partial charge is 0.416 e. The number of fused-ring (bicyclic) bond motifs is 1. The third-order valence-electron chi connectivity index (χ3n) is 4.43. The Balaban J connectivity index is 1.58. The predicted octanol–water partition coefficient (Wildman–Crippen LogP) is 2.13. The van der Waals surface area contributed by atoms with Crippen molar-refractivity contribution in [3.05, 3.63) is 35.6 Å². The van der Waals surface area contributed by atoms with Crippen molar-refractivity contribution in [3.8, 4) is 0 Å². The lowest BCUT2D eigenvalue weighted by Crippen LogP contribution is -2.49. The van der Waals surface area contributed by atoms with Crippen LogP contribution in [0.1, 0.15) is 11.3 Å². The fourth-order valence-corrected chi connectivity index (χ4v) is 2.99. The molecule has 2 aromatic rings. The summed E-state index contributed by atoms with van der Waals surface area (Å²) < 4.78 is 43.9. The lowest BCUT2D eigenvalue weighted by molar-refractivity contribution is -0.137. The fraction of sp³-hybridized carbons (Fsp3) is 0.471. The third kappa shape index (κ3) is 4.13. The second-order valence-corrected chi connectivity index (χ2v) is 6.09. The number of aliphatic hydroxyl groups is 1. The predicted molar refractivity (Wildman–Crippen MR) is 85.0 cm³/mol. The van der Waals surface area contributed by atoms with E-state index >= 15 is 0 Å². The van der Waals surface area contributed by atoms with E-state index in [2.05, 4.69) is 4.90 Å². The summed E-state index contributed by atoms with van der Waals surface area (Å²) >= 11 is 0. The van der Waals surface area contributed by atoms with Crippen LogP contribution in [0.15, 0.2) is 28.7 Å². The molecule has 1 fully saturated rings. The summed E-state index contributed by atoms with van der Waals surface area (Å²) in [5.41, 5.74) is -0.238. The molecule has 1 aromatic heterocycles. The van der Waals surface area contributed by atoms with Gasteiger partial charge in [-0.15, -0.1) is 0 Å². The molecule has 1 amide bonds. The van der Waals surface area contributed by atoms with E-state index in [0.29, 0.717) is 55.9 Å². The average molecular weight is 356 g/mol. The Labute approximate surface area is 142 Å². The van der Waals surface area contributed by atoms with Crippen molar-refractivity contribution in [2.24, 2.45) is 0 Å². The molecule has 0 atom stereocenters. The van der Waals surface area contributed by atoms with E-state index in [0.717, 1.165) is 12.1 Å². The Bertz CT molecular complexity index is 749. The molecule has 1 aromatic carbocycles. The van der Waals surface area contributed by atoms with Crippen LogP contribution in [0, 0.1) is 0 Å². The Hall–Kier alpha value is -2.06. The van der Waals surface area contributed by atoms with Gasteiger partial charge in [-0.1, -0.05) is 0 Å². The monoisotopic (exact) mass is 356 g/mol. The molecule has 1 N–H and O–H groups in total. The van der Waals surface area contributed by atoms with Crippen LogP contribution in [0.4, 0.5) is 13.2 Å². The summed E-state index contributed by atoms with van der Waals surface area (Å²) in [6.45, 7) is 2.75. The number of carbonyl (C=O) groups is 1. The first kappa shape index (κ1) is 17.8. The maximum atomic E-state index is 12.7. The molecule has 2 heterocycles. The molecule has 0 radical (unpaired) electrons. The van der Waals surface area contributed by atoms with Crippen molar-refractivity contribution < 1.29 is 27.5 Å². The van der Waals surface area contributed by atoms with Crippen LogP contribution in [0.3, 0.4) is 0 Å². The molecule has 0 bridgehead atoms. The molecule has 1 aliphatic heterocycles. The van der Waals surface area contributed by atoms with E-state index in [4.69, 9.17) is 9.52 Å². The quantitative estimate of drug-likeness (QED) is 0.912. The van der Waals surface area contributed by atoms with Crippen LogP contribution in [0.2, 0.25) is 0 Å². The molecule has 1 saturated heterocycles. The first-order valence-corrected chi connectivity index (χ1v) is 8.07. The highest BCUT2D eigenvalue weighted by molar-refractivity contribution is 5.79. The number of benzene rings is 1. The number of rotatable bonds is 4. The molecule has 5 nitrogen and oxygen atoms in total. The third-order valence-corrected chi connectivity index (χ3v) is 4.43. The fourth-order valence-electron chi connectivity index (χ4n) is 2.99. The summed E-state index contributed by atoms with van der Waals surface area (Å²) in [7, 11) is 0. The van der Waals surface area contributed by atoms with Gasteiger partial charge in [0.2, 0.25) is 5.91 Å². The maximum absolute atomic E-state index is 12.7. The lowest BCUT2D eigenvalue weighted by atomic mass is 10.1. The standard InChI is InChI=1S/C17H19F3N2O3/c18-17(19,20)13-1-2-15-12(9-13)10-14(25-15)3-4-21-5-7-22(8-6-21)16(24)11-23/h1-2,9-10,23H,3-8,11H2. The van der Waals surface area contributed by atoms with Gasteiger partial charge in [0, 0.05) is 44.5 Å². The number of carbonyl (C=O) groups excluding carboxylic acids is 1. The highest BCUT2D eigenvalue weighted by Gasteiger charge is 2.30. The summed E-state index contributed by atoms with van der Waals surface area (Å²) in [6, 6.07) is 5.12. The summed E-state index contributed by atoms with van der Waals surface area (Å²) in [4.78, 5) is 15.2. The van der Waals surface area contributed by atoms with Crippen molar-refractivity contribution in [2.75, 3.05) is 39.3 Å². The van der Waals surface area contributed by atoms with E-state index in [-0.39, 0.29) is 5.91 Å². The topological polar surface area (TPSA) is 56.9 Å². The average Bonchev–Trinajstić information content (AvgIpc) is 3.01. The van der Waals surface area contributed by atoms with Crippen LogP contribution in [0.5, 0.6) is 0 Å². The number of amides is 1. The van der Waals surface area contributed by atoms with Gasteiger partial charge in [0.15, 0.2) is 0 Å². The van der Waals surface area contributed by atoms with Crippen molar-refractivity contribution >= 4 is 16.9 Å². The van der Waals surface area contributed by atoms with E-state index < -0.39 is 18.3 Å². The number of aliphatic hydroxyl groups excluding tert-OH is 1. The van der Waals surface area contributed by atoms with Gasteiger partial charge in [-0.05, 0) is 24.3 Å². The van der Waals surface area contributed by atoms with Gasteiger partial charge in [0.1, 0.15) is 18.0 Å². The van der Waals surface area contributed by atoms with Crippen LogP contribution in [-0.4, -0.2) is 60.1 Å². The van der Waals surface area contributed by atoms with Crippen LogP contribution in [-0.2, 0) is 17.4 Å². The van der Waals surface area contributed by atoms with E-state index in [1.165, 1.54) is 6.07 Å². The van der Waals surface area contributed by atoms with Gasteiger partial charge >= 0.3 is 6.18 Å². The first-order valence-electron chi connectivity index (χ1n) is 8.07. The van der Waals surface area contributed by atoms with Gasteiger partial charge in [0.25, 0.3) is 0 Å². The molecular formula is C17H19F3N2O3. The number of alkyl halides is 3. The summed E-state index contributed by atoms with van der Waals surface area (Å²) in [6.07, 6.45) is -3.78. The van der Waals surface area contributed by atoms with Crippen molar-refractivity contribution in [2.45, 2.75) is 12.6 Å². The molecule has 136 valence electrons. The number of halogens is 3. The zero-order valence-corrected chi connectivity index (χ0v) is 13.6. The molecular weight excluding hydrogens is 337 g/mol. The highest BCUT2D eigenvalue weighted by atomic mass is 19.4. The molecule has 25 heavy (non-hydrogen) atoms. The first-order chi connectivity index (χ1) is 11.9. The minimum atomic E-state index is -4.36. The Morgan fingerprint density at radius 3 is 2.52 bits per heavy atom. The van der Waals surface area contributed by atoms with Crippen LogP contribution < -0.4 is 0 Å². The van der Waals surface area contributed by atoms with Crippen molar-refractivity contribution in [1.29, 1.82) is 0 Å². The number of nitrogens with zero attached hydrogens (tertiary/aromatic N) is 2. The van der Waals surface area contributed by atoms with E-state index in [1.54, 1.807) is 11.0 Å². The Kier molecular flexibility index (Phi) is 5.01. The van der Waals surface area contributed by atoms with Crippen LogP contribution >= 0.6 is 0 Å². The SMILES string of the molecule is O=C(CO)N1CCN(CCc2cc3cc(C(F)(F)F)ccc3o2)CC1. The molecule has 0 aliphatic carbocycles. The number of hydrogen-bond acceptors (Lipinski definition) is 4. The minimum Gasteiger partial charge on any atom is -0.461 e. The highest BCUT2D eigenvalue weighted by Crippen LogP contribution is 2.32. The molecule has 0 unspecified atom stereocenters. The lowest BCUT2D eigenvalue weighted by Gasteiger charge is -2.34. The number of hydrogen-bond donors (Lipinski definition) is 1. The Morgan fingerprint density at radius 1 is 1.16 bits per heavy atom. The zero-order chi connectivity index (χ0) is 18.0. The summed E-state index contributed by atoms with van der Waals surface area (Å²) in [5.74, 6) is 0.376. The van der Waals surface area contributed by atoms with Crippen molar-refractivity contribution in [3.63, 3.8) is 0 Å².